The molecule has 20 heavy (non-hydrogen) atoms. The summed E-state index contributed by atoms with van der Waals surface area (Å²) in [7, 11) is 0. The number of amides is 1. The van der Waals surface area contributed by atoms with Gasteiger partial charge in [0.05, 0.1) is 0 Å². The summed E-state index contributed by atoms with van der Waals surface area (Å²) in [6.07, 6.45) is 1.61. The topological polar surface area (TPSA) is 114 Å². The lowest BCUT2D eigenvalue weighted by Gasteiger charge is -2.24. The van der Waals surface area contributed by atoms with Gasteiger partial charge in [-0.3, -0.25) is 4.79 Å². The maximum absolute atomic E-state index is 11.5. The van der Waals surface area contributed by atoms with Gasteiger partial charge in [0, 0.05) is 19.6 Å². The molecule has 1 saturated heterocycles. The summed E-state index contributed by atoms with van der Waals surface area (Å²) in [5, 5.41) is 0. The van der Waals surface area contributed by atoms with Gasteiger partial charge in [-0.25, -0.2) is 0 Å². The molecule has 2 heterocycles. The van der Waals surface area contributed by atoms with E-state index in [0.29, 0.717) is 18.4 Å². The van der Waals surface area contributed by atoms with Crippen LogP contribution in [0.25, 0.3) is 0 Å². The Morgan fingerprint density at radius 1 is 1.35 bits per heavy atom. The quantitative estimate of drug-likeness (QED) is 0.764. The fourth-order valence-corrected chi connectivity index (χ4v) is 2.45. The van der Waals surface area contributed by atoms with E-state index in [0.717, 1.165) is 25.9 Å². The summed E-state index contributed by atoms with van der Waals surface area (Å²) in [6.45, 7) is 6.29. The standard InChI is InChI=1S/C12H21N7O/c1-3-18(4-2)11-15-10(14)16-12(17-11)19-7-5-6-8(19)9(13)20/h8H,3-7H2,1-2H3,(H2,13,20)(H2,14,15,16,17). The number of nitrogen functional groups attached to an aromatic ring is 1. The third-order valence-corrected chi connectivity index (χ3v) is 3.51. The number of aromatic nitrogens is 3. The van der Waals surface area contributed by atoms with Crippen molar-refractivity contribution in [2.45, 2.75) is 32.7 Å². The Kier molecular flexibility index (Phi) is 4.21. The van der Waals surface area contributed by atoms with Crippen LogP contribution in [0, 0.1) is 0 Å². The smallest absolute Gasteiger partial charge is 0.240 e. The lowest BCUT2D eigenvalue weighted by atomic mass is 10.2. The van der Waals surface area contributed by atoms with Gasteiger partial charge in [0.1, 0.15) is 6.04 Å². The highest BCUT2D eigenvalue weighted by molar-refractivity contribution is 5.83. The van der Waals surface area contributed by atoms with Crippen LogP contribution in [-0.2, 0) is 4.79 Å². The first-order valence-corrected chi connectivity index (χ1v) is 6.89. The van der Waals surface area contributed by atoms with Gasteiger partial charge in [-0.15, -0.1) is 0 Å². The van der Waals surface area contributed by atoms with E-state index >= 15 is 0 Å². The van der Waals surface area contributed by atoms with Crippen LogP contribution in [-0.4, -0.2) is 46.5 Å². The van der Waals surface area contributed by atoms with Crippen molar-refractivity contribution >= 4 is 23.8 Å². The van der Waals surface area contributed by atoms with Crippen LogP contribution < -0.4 is 21.3 Å². The molecule has 1 fully saturated rings. The van der Waals surface area contributed by atoms with Gasteiger partial charge >= 0.3 is 0 Å². The van der Waals surface area contributed by atoms with E-state index in [9.17, 15) is 4.79 Å². The summed E-state index contributed by atoms with van der Waals surface area (Å²) >= 11 is 0. The fraction of sp³-hybridized carbons (Fsp3) is 0.667. The van der Waals surface area contributed by atoms with Crippen molar-refractivity contribution in [3.8, 4) is 0 Å². The van der Waals surface area contributed by atoms with E-state index in [2.05, 4.69) is 15.0 Å². The van der Waals surface area contributed by atoms with E-state index < -0.39 is 0 Å². The Morgan fingerprint density at radius 3 is 2.65 bits per heavy atom. The van der Waals surface area contributed by atoms with Crippen molar-refractivity contribution in [2.24, 2.45) is 5.73 Å². The fourth-order valence-electron chi connectivity index (χ4n) is 2.45. The van der Waals surface area contributed by atoms with Gasteiger partial charge in [0.25, 0.3) is 0 Å². The molecule has 0 aromatic carbocycles. The third kappa shape index (κ3) is 2.73. The van der Waals surface area contributed by atoms with Crippen molar-refractivity contribution in [1.82, 2.24) is 15.0 Å². The average Bonchev–Trinajstić information content (AvgIpc) is 2.89. The molecule has 0 spiro atoms. The van der Waals surface area contributed by atoms with Crippen LogP contribution >= 0.6 is 0 Å². The maximum Gasteiger partial charge on any atom is 0.240 e. The van der Waals surface area contributed by atoms with Crippen molar-refractivity contribution in [2.75, 3.05) is 35.2 Å². The Labute approximate surface area is 118 Å². The molecule has 4 N–H and O–H groups in total. The minimum atomic E-state index is -0.360. The molecule has 0 saturated carbocycles. The van der Waals surface area contributed by atoms with Gasteiger partial charge in [0.2, 0.25) is 23.8 Å². The zero-order valence-electron chi connectivity index (χ0n) is 11.9. The lowest BCUT2D eigenvalue weighted by Crippen LogP contribution is -2.41. The van der Waals surface area contributed by atoms with Crippen LogP contribution in [0.3, 0.4) is 0 Å². The second-order valence-electron chi connectivity index (χ2n) is 4.72. The second-order valence-corrected chi connectivity index (χ2v) is 4.72. The molecule has 1 unspecified atom stereocenters. The molecule has 1 aliphatic rings. The van der Waals surface area contributed by atoms with Crippen molar-refractivity contribution in [1.29, 1.82) is 0 Å². The van der Waals surface area contributed by atoms with E-state index in [1.54, 1.807) is 0 Å². The lowest BCUT2D eigenvalue weighted by molar-refractivity contribution is -0.119. The van der Waals surface area contributed by atoms with Crippen LogP contribution in [0.2, 0.25) is 0 Å². The Hall–Kier alpha value is -2.12. The molecule has 1 aromatic heterocycles. The number of primary amides is 1. The first kappa shape index (κ1) is 14.3. The molecule has 1 aliphatic heterocycles. The first-order valence-electron chi connectivity index (χ1n) is 6.89. The van der Waals surface area contributed by atoms with Crippen LogP contribution in [0.4, 0.5) is 17.8 Å². The minimum Gasteiger partial charge on any atom is -0.368 e. The monoisotopic (exact) mass is 279 g/mol. The summed E-state index contributed by atoms with van der Waals surface area (Å²) in [5.41, 5.74) is 11.2. The number of carbonyl (C=O) groups excluding carboxylic acids is 1. The van der Waals surface area contributed by atoms with Gasteiger partial charge in [-0.1, -0.05) is 0 Å². The van der Waals surface area contributed by atoms with E-state index in [-0.39, 0.29) is 17.9 Å². The number of hydrogen-bond acceptors (Lipinski definition) is 7. The summed E-state index contributed by atoms with van der Waals surface area (Å²) in [4.78, 5) is 28.0. The van der Waals surface area contributed by atoms with Gasteiger partial charge in [0.15, 0.2) is 0 Å². The highest BCUT2D eigenvalue weighted by Crippen LogP contribution is 2.24. The molecule has 1 amide bonds. The molecule has 110 valence electrons. The maximum atomic E-state index is 11.5. The molecule has 1 aromatic rings. The predicted molar refractivity (Wildman–Crippen MR) is 77.4 cm³/mol. The van der Waals surface area contributed by atoms with E-state index in [4.69, 9.17) is 11.5 Å². The third-order valence-electron chi connectivity index (χ3n) is 3.51. The van der Waals surface area contributed by atoms with Gasteiger partial charge in [-0.2, -0.15) is 15.0 Å². The first-order chi connectivity index (χ1) is 9.56. The number of nitrogens with zero attached hydrogens (tertiary/aromatic N) is 5. The zero-order chi connectivity index (χ0) is 14.7. The molecular formula is C12H21N7O. The van der Waals surface area contributed by atoms with E-state index in [1.165, 1.54) is 0 Å². The number of rotatable bonds is 5. The van der Waals surface area contributed by atoms with Crippen molar-refractivity contribution in [3.05, 3.63) is 0 Å². The number of hydrogen-bond donors (Lipinski definition) is 2. The number of nitrogens with two attached hydrogens (primary N) is 2. The minimum absolute atomic E-state index is 0.159. The van der Waals surface area contributed by atoms with E-state index in [1.807, 2.05) is 23.6 Å². The molecule has 8 nitrogen and oxygen atoms in total. The van der Waals surface area contributed by atoms with Gasteiger partial charge < -0.3 is 21.3 Å². The normalized spacial score (nSPS) is 18.3. The molecule has 2 rings (SSSR count). The van der Waals surface area contributed by atoms with Crippen molar-refractivity contribution < 1.29 is 4.79 Å². The Morgan fingerprint density at radius 2 is 2.05 bits per heavy atom. The number of anilines is 3. The largest absolute Gasteiger partial charge is 0.368 e. The summed E-state index contributed by atoms with van der Waals surface area (Å²) in [6, 6.07) is -0.360. The molecular weight excluding hydrogens is 258 g/mol. The summed E-state index contributed by atoms with van der Waals surface area (Å²) < 4.78 is 0. The SMILES string of the molecule is CCN(CC)c1nc(N)nc(N2CCCC2C(N)=O)n1. The highest BCUT2D eigenvalue weighted by atomic mass is 16.1. The van der Waals surface area contributed by atoms with Gasteiger partial charge in [-0.05, 0) is 26.7 Å². The second kappa shape index (κ2) is 5.89. The van der Waals surface area contributed by atoms with Crippen LogP contribution in [0.1, 0.15) is 26.7 Å². The Balaban J connectivity index is 2.34. The molecule has 8 heteroatoms. The highest BCUT2D eigenvalue weighted by Gasteiger charge is 2.31. The molecule has 0 bridgehead atoms. The summed E-state index contributed by atoms with van der Waals surface area (Å²) in [5.74, 6) is 0.770. The van der Waals surface area contributed by atoms with Crippen LogP contribution in [0.5, 0.6) is 0 Å². The number of carbonyl (C=O) groups is 1. The predicted octanol–water partition coefficient (Wildman–Crippen LogP) is -0.246. The molecule has 0 radical (unpaired) electrons. The average molecular weight is 279 g/mol. The van der Waals surface area contributed by atoms with Crippen LogP contribution in [0.15, 0.2) is 0 Å². The molecule has 1 atom stereocenters. The Bertz CT molecular complexity index is 489. The van der Waals surface area contributed by atoms with Crippen molar-refractivity contribution in [3.63, 3.8) is 0 Å². The zero-order valence-corrected chi connectivity index (χ0v) is 11.9. The molecule has 0 aliphatic carbocycles.